The van der Waals surface area contributed by atoms with Crippen LogP contribution < -0.4 is 16.4 Å². The van der Waals surface area contributed by atoms with Gasteiger partial charge in [0.1, 0.15) is 0 Å². The summed E-state index contributed by atoms with van der Waals surface area (Å²) < 4.78 is 0. The molecule has 1 aliphatic heterocycles. The minimum atomic E-state index is -0.418. The van der Waals surface area contributed by atoms with Gasteiger partial charge in [0.05, 0.1) is 12.6 Å². The lowest BCUT2D eigenvalue weighted by molar-refractivity contribution is -0.124. The number of piperidine rings is 1. The SMILES string of the molecule is CNC(=O)CN1CCC(NC(=O)C(N)CC(C)C)CC1. The molecule has 0 bridgehead atoms. The molecule has 1 saturated heterocycles. The van der Waals surface area contributed by atoms with Gasteiger partial charge in [0.25, 0.3) is 0 Å². The van der Waals surface area contributed by atoms with Gasteiger partial charge in [-0.25, -0.2) is 0 Å². The lowest BCUT2D eigenvalue weighted by Gasteiger charge is -2.32. The van der Waals surface area contributed by atoms with Crippen LogP contribution in [0.4, 0.5) is 0 Å². The predicted octanol–water partition coefficient (Wildman–Crippen LogP) is -0.314. The number of likely N-dealkylation sites (tertiary alicyclic amines) is 1. The summed E-state index contributed by atoms with van der Waals surface area (Å²) in [5.74, 6) is 0.403. The molecule has 0 spiro atoms. The molecule has 6 nitrogen and oxygen atoms in total. The number of nitrogens with zero attached hydrogens (tertiary/aromatic N) is 1. The number of nitrogens with two attached hydrogens (primary N) is 1. The Morgan fingerprint density at radius 1 is 1.30 bits per heavy atom. The summed E-state index contributed by atoms with van der Waals surface area (Å²) in [6.45, 7) is 6.22. The van der Waals surface area contributed by atoms with Gasteiger partial charge in [-0.15, -0.1) is 0 Å². The minimum absolute atomic E-state index is 0.0337. The van der Waals surface area contributed by atoms with Crippen molar-refractivity contribution >= 4 is 11.8 Å². The number of amides is 2. The van der Waals surface area contributed by atoms with E-state index in [2.05, 4.69) is 29.4 Å². The molecule has 1 fully saturated rings. The largest absolute Gasteiger partial charge is 0.358 e. The molecule has 1 heterocycles. The van der Waals surface area contributed by atoms with Crippen LogP contribution in [0.15, 0.2) is 0 Å². The van der Waals surface area contributed by atoms with Crippen LogP contribution in [-0.2, 0) is 9.59 Å². The Morgan fingerprint density at radius 3 is 2.40 bits per heavy atom. The summed E-state index contributed by atoms with van der Waals surface area (Å²) in [7, 11) is 1.64. The van der Waals surface area contributed by atoms with Crippen LogP contribution in [0.5, 0.6) is 0 Å². The maximum absolute atomic E-state index is 11.9. The van der Waals surface area contributed by atoms with Gasteiger partial charge in [0.2, 0.25) is 11.8 Å². The van der Waals surface area contributed by atoms with Crippen molar-refractivity contribution in [3.8, 4) is 0 Å². The van der Waals surface area contributed by atoms with Crippen molar-refractivity contribution in [2.75, 3.05) is 26.7 Å². The molecule has 20 heavy (non-hydrogen) atoms. The molecular weight excluding hydrogens is 256 g/mol. The third kappa shape index (κ3) is 5.88. The van der Waals surface area contributed by atoms with Crippen LogP contribution >= 0.6 is 0 Å². The first-order valence-corrected chi connectivity index (χ1v) is 7.41. The van der Waals surface area contributed by atoms with Crippen molar-refractivity contribution < 1.29 is 9.59 Å². The maximum Gasteiger partial charge on any atom is 0.237 e. The Labute approximate surface area is 121 Å². The highest BCUT2D eigenvalue weighted by Crippen LogP contribution is 2.11. The highest BCUT2D eigenvalue weighted by atomic mass is 16.2. The van der Waals surface area contributed by atoms with E-state index in [1.807, 2.05) is 0 Å². The smallest absolute Gasteiger partial charge is 0.237 e. The van der Waals surface area contributed by atoms with E-state index in [1.165, 1.54) is 0 Å². The van der Waals surface area contributed by atoms with Gasteiger partial charge >= 0.3 is 0 Å². The van der Waals surface area contributed by atoms with E-state index >= 15 is 0 Å². The number of hydrogen-bond donors (Lipinski definition) is 3. The van der Waals surface area contributed by atoms with Gasteiger partial charge in [-0.05, 0) is 25.2 Å². The zero-order valence-electron chi connectivity index (χ0n) is 12.8. The van der Waals surface area contributed by atoms with E-state index in [4.69, 9.17) is 5.73 Å². The van der Waals surface area contributed by atoms with Gasteiger partial charge in [-0.3, -0.25) is 14.5 Å². The second kappa shape index (κ2) is 8.21. The Kier molecular flexibility index (Phi) is 6.95. The molecule has 0 aliphatic carbocycles. The van der Waals surface area contributed by atoms with Gasteiger partial charge in [0, 0.05) is 26.2 Å². The van der Waals surface area contributed by atoms with Crippen molar-refractivity contribution in [3.63, 3.8) is 0 Å². The van der Waals surface area contributed by atoms with Gasteiger partial charge < -0.3 is 16.4 Å². The molecule has 4 N–H and O–H groups in total. The average Bonchev–Trinajstić information content (AvgIpc) is 2.40. The van der Waals surface area contributed by atoms with Gasteiger partial charge in [0.15, 0.2) is 0 Å². The first kappa shape index (κ1) is 16.9. The molecule has 116 valence electrons. The first-order valence-electron chi connectivity index (χ1n) is 7.41. The molecule has 1 rings (SSSR count). The summed E-state index contributed by atoms with van der Waals surface area (Å²) in [6.07, 6.45) is 2.45. The van der Waals surface area contributed by atoms with Gasteiger partial charge in [-0.2, -0.15) is 0 Å². The zero-order chi connectivity index (χ0) is 15.1. The molecule has 0 radical (unpaired) electrons. The van der Waals surface area contributed by atoms with E-state index in [1.54, 1.807) is 7.05 Å². The van der Waals surface area contributed by atoms with Crippen molar-refractivity contribution in [2.45, 2.75) is 45.2 Å². The monoisotopic (exact) mass is 284 g/mol. The average molecular weight is 284 g/mol. The van der Waals surface area contributed by atoms with E-state index < -0.39 is 6.04 Å². The topological polar surface area (TPSA) is 87.5 Å². The van der Waals surface area contributed by atoms with Crippen LogP contribution in [0.2, 0.25) is 0 Å². The second-order valence-corrected chi connectivity index (χ2v) is 5.97. The predicted molar refractivity (Wildman–Crippen MR) is 79.1 cm³/mol. The molecule has 6 heteroatoms. The maximum atomic E-state index is 11.9. The molecule has 0 aromatic heterocycles. The first-order chi connectivity index (χ1) is 9.42. The Balaban J connectivity index is 2.28. The third-order valence-corrected chi connectivity index (χ3v) is 3.64. The number of hydrogen-bond acceptors (Lipinski definition) is 4. The Bertz CT molecular complexity index is 325. The fraction of sp³-hybridized carbons (Fsp3) is 0.857. The third-order valence-electron chi connectivity index (χ3n) is 3.64. The summed E-state index contributed by atoms with van der Waals surface area (Å²) in [5.41, 5.74) is 5.87. The van der Waals surface area contributed by atoms with Crippen LogP contribution in [0, 0.1) is 5.92 Å². The van der Waals surface area contributed by atoms with Gasteiger partial charge in [-0.1, -0.05) is 13.8 Å². The van der Waals surface area contributed by atoms with E-state index in [0.717, 1.165) is 25.9 Å². The molecule has 1 atom stereocenters. The highest BCUT2D eigenvalue weighted by molar-refractivity contribution is 5.81. The minimum Gasteiger partial charge on any atom is -0.358 e. The second-order valence-electron chi connectivity index (χ2n) is 5.97. The van der Waals surface area contributed by atoms with Crippen LogP contribution in [-0.4, -0.2) is 55.5 Å². The molecular formula is C14H28N4O2. The van der Waals surface area contributed by atoms with Crippen LogP contribution in [0.3, 0.4) is 0 Å². The highest BCUT2D eigenvalue weighted by Gasteiger charge is 2.24. The van der Waals surface area contributed by atoms with Crippen LogP contribution in [0.1, 0.15) is 33.1 Å². The molecule has 1 aliphatic rings. The fourth-order valence-electron chi connectivity index (χ4n) is 2.44. The summed E-state index contributed by atoms with van der Waals surface area (Å²) >= 11 is 0. The van der Waals surface area contributed by atoms with Crippen molar-refractivity contribution in [1.29, 1.82) is 0 Å². The van der Waals surface area contributed by atoms with E-state index in [0.29, 0.717) is 18.9 Å². The molecule has 1 unspecified atom stereocenters. The molecule has 2 amide bonds. The lowest BCUT2D eigenvalue weighted by atomic mass is 10.0. The fourth-order valence-corrected chi connectivity index (χ4v) is 2.44. The number of rotatable bonds is 6. The van der Waals surface area contributed by atoms with E-state index in [9.17, 15) is 9.59 Å². The molecule has 0 aromatic rings. The Hall–Kier alpha value is -1.14. The Morgan fingerprint density at radius 2 is 1.90 bits per heavy atom. The standard InChI is InChI=1S/C14H28N4O2/c1-10(2)8-12(15)14(20)17-11-4-6-18(7-5-11)9-13(19)16-3/h10-12H,4-9,15H2,1-3H3,(H,16,19)(H,17,20). The zero-order valence-corrected chi connectivity index (χ0v) is 12.8. The lowest BCUT2D eigenvalue weighted by Crippen LogP contribution is -2.50. The number of likely N-dealkylation sites (N-methyl/N-ethyl adjacent to an activating group) is 1. The summed E-state index contributed by atoms with van der Waals surface area (Å²) in [4.78, 5) is 25.3. The summed E-state index contributed by atoms with van der Waals surface area (Å²) in [6, 6.07) is -0.236. The number of carbonyl (C=O) groups is 2. The molecule has 0 saturated carbocycles. The number of nitrogens with one attached hydrogen (secondary N) is 2. The number of carbonyl (C=O) groups excluding carboxylic acids is 2. The quantitative estimate of drug-likeness (QED) is 0.624. The van der Waals surface area contributed by atoms with Crippen molar-refractivity contribution in [3.05, 3.63) is 0 Å². The normalized spacial score (nSPS) is 18.9. The molecule has 0 aromatic carbocycles. The summed E-state index contributed by atoms with van der Waals surface area (Å²) in [5, 5.41) is 5.64. The van der Waals surface area contributed by atoms with Crippen molar-refractivity contribution in [2.24, 2.45) is 11.7 Å². The van der Waals surface area contributed by atoms with Crippen molar-refractivity contribution in [1.82, 2.24) is 15.5 Å². The van der Waals surface area contributed by atoms with Crippen LogP contribution in [0.25, 0.3) is 0 Å². The van der Waals surface area contributed by atoms with E-state index in [-0.39, 0.29) is 17.9 Å².